The summed E-state index contributed by atoms with van der Waals surface area (Å²) in [6, 6.07) is 9.37. The van der Waals surface area contributed by atoms with Gasteiger partial charge in [-0.2, -0.15) is 12.1 Å². The number of rotatable bonds is 6. The number of ether oxygens (including phenoxy) is 1. The molecule has 1 aromatic carbocycles. The van der Waals surface area contributed by atoms with Crippen LogP contribution in [-0.2, 0) is 39.3 Å². The van der Waals surface area contributed by atoms with Crippen molar-refractivity contribution < 1.29 is 46.2 Å². The minimum Gasteiger partial charge on any atom is -0.490 e. The SMILES string of the molecule is C=CCOc1ccc(-c2[c-]cc(Br)c(=O)n2CC(F)F)c(Br)c1.[Y]. The Hall–Kier alpha value is -0.366. The molecular formula is C16H12Br2F2NO2Y-. The van der Waals surface area contributed by atoms with Crippen LogP contribution in [0.25, 0.3) is 11.3 Å². The molecule has 1 aromatic heterocycles. The van der Waals surface area contributed by atoms with E-state index in [0.29, 0.717) is 22.4 Å². The molecule has 125 valence electrons. The zero-order chi connectivity index (χ0) is 17.0. The topological polar surface area (TPSA) is 31.2 Å². The first-order chi connectivity index (χ1) is 10.9. The van der Waals surface area contributed by atoms with Crippen LogP contribution in [0.2, 0.25) is 0 Å². The molecule has 1 radical (unpaired) electrons. The van der Waals surface area contributed by atoms with Crippen LogP contribution in [0.5, 0.6) is 5.75 Å². The van der Waals surface area contributed by atoms with Crippen molar-refractivity contribution in [1.29, 1.82) is 0 Å². The van der Waals surface area contributed by atoms with Crippen LogP contribution in [0.15, 0.2) is 50.7 Å². The summed E-state index contributed by atoms with van der Waals surface area (Å²) < 4.78 is 32.8. The van der Waals surface area contributed by atoms with Gasteiger partial charge in [0.25, 0.3) is 6.43 Å². The van der Waals surface area contributed by atoms with Gasteiger partial charge < -0.3 is 9.30 Å². The molecule has 0 bridgehead atoms. The third kappa shape index (κ3) is 5.31. The molecule has 2 aromatic rings. The molecule has 2 rings (SSSR count). The van der Waals surface area contributed by atoms with E-state index in [1.165, 1.54) is 6.07 Å². The van der Waals surface area contributed by atoms with Crippen molar-refractivity contribution >= 4 is 31.9 Å². The summed E-state index contributed by atoms with van der Waals surface area (Å²) in [6.07, 6.45) is -1.03. The zero-order valence-electron chi connectivity index (χ0n) is 12.4. The number of benzene rings is 1. The van der Waals surface area contributed by atoms with E-state index in [-0.39, 0.29) is 42.9 Å². The van der Waals surface area contributed by atoms with Crippen LogP contribution in [0, 0.1) is 6.07 Å². The van der Waals surface area contributed by atoms with Gasteiger partial charge in [0.15, 0.2) is 0 Å². The van der Waals surface area contributed by atoms with E-state index in [0.717, 1.165) is 4.57 Å². The first kappa shape index (κ1) is 21.7. The molecule has 0 amide bonds. The smallest absolute Gasteiger partial charge is 0.256 e. The molecule has 0 atom stereocenters. The Labute approximate surface area is 180 Å². The quantitative estimate of drug-likeness (QED) is 0.397. The maximum absolute atomic E-state index is 12.8. The van der Waals surface area contributed by atoms with Gasteiger partial charge in [-0.1, -0.05) is 39.8 Å². The van der Waals surface area contributed by atoms with Crippen molar-refractivity contribution in [2.75, 3.05) is 6.61 Å². The van der Waals surface area contributed by atoms with E-state index in [1.807, 2.05) is 0 Å². The summed E-state index contributed by atoms with van der Waals surface area (Å²) in [6.45, 7) is 3.22. The first-order valence-electron chi connectivity index (χ1n) is 6.56. The van der Waals surface area contributed by atoms with E-state index in [2.05, 4.69) is 44.5 Å². The zero-order valence-corrected chi connectivity index (χ0v) is 18.4. The standard InChI is InChI=1S/C16H12Br2F2NO2.Y/c1-2-7-23-10-3-4-11(13(18)8-10)14-6-5-12(17)16(22)21(14)9-15(19)20;/h2-5,8,15H,1,7,9H2;/q-1;. The second-order valence-electron chi connectivity index (χ2n) is 4.53. The van der Waals surface area contributed by atoms with E-state index in [9.17, 15) is 13.6 Å². The summed E-state index contributed by atoms with van der Waals surface area (Å²) in [5.74, 6) is 0.598. The molecular weight excluding hydrogens is 525 g/mol. The van der Waals surface area contributed by atoms with Crippen LogP contribution in [0.4, 0.5) is 8.78 Å². The Bertz CT molecular complexity index is 781. The summed E-state index contributed by atoms with van der Waals surface area (Å²) in [7, 11) is 0. The van der Waals surface area contributed by atoms with Crippen LogP contribution >= 0.6 is 31.9 Å². The summed E-state index contributed by atoms with van der Waals surface area (Å²) in [5.41, 5.74) is 0.319. The summed E-state index contributed by atoms with van der Waals surface area (Å²) in [4.78, 5) is 12.1. The molecule has 0 unspecified atom stereocenters. The van der Waals surface area contributed by atoms with Gasteiger partial charge in [0.05, 0.1) is 6.54 Å². The molecule has 1 heterocycles. The Morgan fingerprint density at radius 2 is 2.04 bits per heavy atom. The third-order valence-corrected chi connectivity index (χ3v) is 4.16. The number of halogens is 4. The molecule has 3 nitrogen and oxygen atoms in total. The van der Waals surface area contributed by atoms with E-state index >= 15 is 0 Å². The number of aromatic nitrogens is 1. The Kier molecular flexibility index (Phi) is 8.98. The van der Waals surface area contributed by atoms with Gasteiger partial charge in [0, 0.05) is 32.7 Å². The Morgan fingerprint density at radius 1 is 1.33 bits per heavy atom. The fraction of sp³-hybridized carbons (Fsp3) is 0.188. The monoisotopic (exact) mass is 535 g/mol. The normalized spacial score (nSPS) is 10.4. The molecule has 8 heteroatoms. The third-order valence-electron chi connectivity index (χ3n) is 2.94. The molecule has 0 spiro atoms. The van der Waals surface area contributed by atoms with Gasteiger partial charge in [0.1, 0.15) is 12.4 Å². The van der Waals surface area contributed by atoms with Crippen LogP contribution in [0.3, 0.4) is 0 Å². The van der Waals surface area contributed by atoms with Crippen molar-refractivity contribution in [2.24, 2.45) is 0 Å². The molecule has 24 heavy (non-hydrogen) atoms. The summed E-state index contributed by atoms with van der Waals surface area (Å²) >= 11 is 6.43. The van der Waals surface area contributed by atoms with Crippen molar-refractivity contribution in [3.05, 3.63) is 62.3 Å². The van der Waals surface area contributed by atoms with E-state index < -0.39 is 18.5 Å². The summed E-state index contributed by atoms with van der Waals surface area (Å²) in [5, 5.41) is 0. The van der Waals surface area contributed by atoms with Crippen molar-refractivity contribution in [3.8, 4) is 17.0 Å². The molecule has 0 aliphatic carbocycles. The number of pyridine rings is 1. The van der Waals surface area contributed by atoms with Gasteiger partial charge in [-0.25, -0.2) is 8.78 Å². The average molecular weight is 537 g/mol. The van der Waals surface area contributed by atoms with Crippen molar-refractivity contribution in [1.82, 2.24) is 4.57 Å². The predicted molar refractivity (Wildman–Crippen MR) is 92.1 cm³/mol. The fourth-order valence-corrected chi connectivity index (χ4v) is 2.84. The minimum atomic E-state index is -2.65. The van der Waals surface area contributed by atoms with Crippen LogP contribution < -0.4 is 10.3 Å². The molecule has 0 N–H and O–H groups in total. The molecule has 0 aliphatic heterocycles. The van der Waals surface area contributed by atoms with E-state index in [4.69, 9.17) is 4.74 Å². The second kappa shape index (κ2) is 9.95. The van der Waals surface area contributed by atoms with Crippen LogP contribution in [-0.4, -0.2) is 17.6 Å². The largest absolute Gasteiger partial charge is 0.490 e. The number of alkyl halides is 2. The van der Waals surface area contributed by atoms with E-state index in [1.54, 1.807) is 24.3 Å². The minimum absolute atomic E-state index is 0. The van der Waals surface area contributed by atoms with Crippen LogP contribution in [0.1, 0.15) is 0 Å². The predicted octanol–water partition coefficient (Wildman–Crippen LogP) is 4.67. The molecule has 0 aliphatic rings. The van der Waals surface area contributed by atoms with Gasteiger partial charge in [-0.05, 0) is 21.1 Å². The number of hydrogen-bond acceptors (Lipinski definition) is 2. The molecule has 0 saturated carbocycles. The average Bonchev–Trinajstić information content (AvgIpc) is 2.50. The molecule has 0 fully saturated rings. The van der Waals surface area contributed by atoms with Gasteiger partial charge >= 0.3 is 0 Å². The Morgan fingerprint density at radius 3 is 2.62 bits per heavy atom. The number of hydrogen-bond donors (Lipinski definition) is 0. The maximum atomic E-state index is 12.8. The van der Waals surface area contributed by atoms with Gasteiger partial charge in [0.2, 0.25) is 5.56 Å². The number of nitrogens with zero attached hydrogens (tertiary/aromatic N) is 1. The van der Waals surface area contributed by atoms with Gasteiger partial charge in [-0.15, -0.1) is 22.0 Å². The van der Waals surface area contributed by atoms with Crippen molar-refractivity contribution in [3.63, 3.8) is 0 Å². The fourth-order valence-electron chi connectivity index (χ4n) is 1.97. The van der Waals surface area contributed by atoms with Gasteiger partial charge in [-0.3, -0.25) is 4.79 Å². The Balaban J connectivity index is 0.00000288. The molecule has 0 saturated heterocycles. The first-order valence-corrected chi connectivity index (χ1v) is 8.15. The van der Waals surface area contributed by atoms with Crippen molar-refractivity contribution in [2.45, 2.75) is 13.0 Å². The second-order valence-corrected chi connectivity index (χ2v) is 6.24. The maximum Gasteiger partial charge on any atom is 0.256 e.